The lowest BCUT2D eigenvalue weighted by molar-refractivity contribution is 0.148. The number of piperazine rings is 1. The van der Waals surface area contributed by atoms with Crippen molar-refractivity contribution in [2.75, 3.05) is 53.4 Å². The molecule has 182 valence electrons. The molecule has 7 nitrogen and oxygen atoms in total. The Morgan fingerprint density at radius 1 is 0.886 bits per heavy atom. The lowest BCUT2D eigenvalue weighted by atomic mass is 9.91. The van der Waals surface area contributed by atoms with E-state index in [-0.39, 0.29) is 0 Å². The molecular formula is C28H35N7. The fourth-order valence-electron chi connectivity index (χ4n) is 5.62. The van der Waals surface area contributed by atoms with Crippen molar-refractivity contribution in [3.63, 3.8) is 0 Å². The Bertz CT molecular complexity index is 1310. The van der Waals surface area contributed by atoms with Gasteiger partial charge in [0.2, 0.25) is 0 Å². The van der Waals surface area contributed by atoms with E-state index in [1.165, 1.54) is 59.1 Å². The highest BCUT2D eigenvalue weighted by atomic mass is 15.2. The van der Waals surface area contributed by atoms with Crippen LogP contribution in [0.1, 0.15) is 24.1 Å². The van der Waals surface area contributed by atoms with E-state index >= 15 is 0 Å². The standard InChI is InChI=1S/C28H35N7/c1-33-7-5-20(6-8-33)14-27-24-15-22(3-4-26(24)31-19-32-27)25-17-30-28-23(25)13-21(16-29-28)18-35-11-9-34(2)10-12-35/h3-4,13,15-17,19-20H,5-12,14,18H2,1-2H3,(H,29,30). The van der Waals surface area contributed by atoms with Crippen molar-refractivity contribution in [2.45, 2.75) is 25.8 Å². The van der Waals surface area contributed by atoms with E-state index in [9.17, 15) is 0 Å². The monoisotopic (exact) mass is 469 g/mol. The second-order valence-electron chi connectivity index (χ2n) is 10.5. The number of hydrogen-bond acceptors (Lipinski definition) is 6. The Hall–Kier alpha value is -2.87. The molecule has 0 amide bonds. The van der Waals surface area contributed by atoms with Gasteiger partial charge in [0.05, 0.1) is 11.2 Å². The van der Waals surface area contributed by atoms with Crippen molar-refractivity contribution < 1.29 is 0 Å². The first-order valence-corrected chi connectivity index (χ1v) is 12.9. The number of hydrogen-bond donors (Lipinski definition) is 1. The predicted molar refractivity (Wildman–Crippen MR) is 141 cm³/mol. The molecular weight excluding hydrogens is 434 g/mol. The van der Waals surface area contributed by atoms with Crippen LogP contribution in [0.4, 0.5) is 0 Å². The molecule has 0 bridgehead atoms. The highest BCUT2D eigenvalue weighted by Gasteiger charge is 2.20. The van der Waals surface area contributed by atoms with Gasteiger partial charge in [0.25, 0.3) is 0 Å². The first kappa shape index (κ1) is 22.6. The van der Waals surface area contributed by atoms with E-state index in [1.807, 2.05) is 6.20 Å². The number of H-pyrrole nitrogens is 1. The molecule has 2 aliphatic heterocycles. The number of piperidine rings is 1. The zero-order chi connectivity index (χ0) is 23.8. The number of likely N-dealkylation sites (N-methyl/N-ethyl adjacent to an activating group) is 1. The molecule has 2 aliphatic rings. The van der Waals surface area contributed by atoms with E-state index in [2.05, 4.69) is 69.2 Å². The van der Waals surface area contributed by atoms with Crippen molar-refractivity contribution in [3.05, 3.63) is 54.2 Å². The van der Waals surface area contributed by atoms with Crippen molar-refractivity contribution >= 4 is 21.9 Å². The fourth-order valence-corrected chi connectivity index (χ4v) is 5.62. The van der Waals surface area contributed by atoms with E-state index < -0.39 is 0 Å². The van der Waals surface area contributed by atoms with Gasteiger partial charge in [0, 0.05) is 61.5 Å². The van der Waals surface area contributed by atoms with Crippen LogP contribution in [0.5, 0.6) is 0 Å². The van der Waals surface area contributed by atoms with Crippen LogP contribution in [0, 0.1) is 5.92 Å². The Morgan fingerprint density at radius 2 is 1.69 bits per heavy atom. The highest BCUT2D eigenvalue weighted by Crippen LogP contribution is 2.32. The summed E-state index contributed by atoms with van der Waals surface area (Å²) in [6.07, 6.45) is 9.36. The second-order valence-corrected chi connectivity index (χ2v) is 10.5. The third-order valence-electron chi connectivity index (χ3n) is 7.94. The first-order chi connectivity index (χ1) is 17.1. The normalized spacial score (nSPS) is 19.1. The average Bonchev–Trinajstić information content (AvgIpc) is 3.30. The van der Waals surface area contributed by atoms with Gasteiger partial charge in [0.15, 0.2) is 0 Å². The molecule has 3 aromatic heterocycles. The fraction of sp³-hybridized carbons (Fsp3) is 0.464. The topological polar surface area (TPSA) is 64.2 Å². The minimum atomic E-state index is 0.697. The maximum absolute atomic E-state index is 4.75. The van der Waals surface area contributed by atoms with E-state index in [4.69, 9.17) is 9.97 Å². The van der Waals surface area contributed by atoms with Crippen LogP contribution in [-0.2, 0) is 13.0 Å². The molecule has 0 spiro atoms. The van der Waals surface area contributed by atoms with Crippen molar-refractivity contribution in [2.24, 2.45) is 5.92 Å². The van der Waals surface area contributed by atoms with Gasteiger partial charge >= 0.3 is 0 Å². The van der Waals surface area contributed by atoms with Crippen molar-refractivity contribution in [1.82, 2.24) is 34.6 Å². The van der Waals surface area contributed by atoms with Gasteiger partial charge in [-0.2, -0.15) is 0 Å². The molecule has 0 atom stereocenters. The molecule has 0 saturated carbocycles. The van der Waals surface area contributed by atoms with Crippen LogP contribution in [0.25, 0.3) is 33.1 Å². The largest absolute Gasteiger partial charge is 0.346 e. The zero-order valence-corrected chi connectivity index (χ0v) is 20.9. The van der Waals surface area contributed by atoms with Gasteiger partial charge in [-0.25, -0.2) is 15.0 Å². The predicted octanol–water partition coefficient (Wildman–Crippen LogP) is 3.80. The van der Waals surface area contributed by atoms with Crippen molar-refractivity contribution in [3.8, 4) is 11.1 Å². The zero-order valence-electron chi connectivity index (χ0n) is 20.9. The quantitative estimate of drug-likeness (QED) is 0.480. The SMILES string of the molecule is CN1CCC(Cc2ncnc3ccc(-c4c[nH]c5ncc(CN6CCN(C)CC6)cc45)cc23)CC1. The van der Waals surface area contributed by atoms with Gasteiger partial charge in [-0.1, -0.05) is 6.07 Å². The molecule has 2 fully saturated rings. The van der Waals surface area contributed by atoms with Gasteiger partial charge in [-0.05, 0) is 81.7 Å². The van der Waals surface area contributed by atoms with Crippen LogP contribution >= 0.6 is 0 Å². The van der Waals surface area contributed by atoms with Gasteiger partial charge < -0.3 is 14.8 Å². The van der Waals surface area contributed by atoms with Gasteiger partial charge in [-0.15, -0.1) is 0 Å². The molecule has 1 N–H and O–H groups in total. The van der Waals surface area contributed by atoms with E-state index in [1.54, 1.807) is 6.33 Å². The molecule has 35 heavy (non-hydrogen) atoms. The smallest absolute Gasteiger partial charge is 0.137 e. The Labute approximate surface area is 207 Å². The summed E-state index contributed by atoms with van der Waals surface area (Å²) >= 11 is 0. The molecule has 2 saturated heterocycles. The molecule has 6 rings (SSSR count). The average molecular weight is 470 g/mol. The molecule has 5 heterocycles. The molecule has 4 aromatic rings. The molecule has 0 unspecified atom stereocenters. The number of pyridine rings is 1. The first-order valence-electron chi connectivity index (χ1n) is 12.9. The van der Waals surface area contributed by atoms with E-state index in [0.717, 1.165) is 50.3 Å². The molecule has 0 radical (unpaired) electrons. The number of fused-ring (bicyclic) bond motifs is 2. The molecule has 0 aliphatic carbocycles. The lowest BCUT2D eigenvalue weighted by Crippen LogP contribution is -2.43. The summed E-state index contributed by atoms with van der Waals surface area (Å²) in [4.78, 5) is 24.8. The minimum Gasteiger partial charge on any atom is -0.346 e. The third kappa shape index (κ3) is 4.81. The van der Waals surface area contributed by atoms with Crippen LogP contribution in [0.3, 0.4) is 0 Å². The van der Waals surface area contributed by atoms with Crippen LogP contribution in [0.15, 0.2) is 43.0 Å². The summed E-state index contributed by atoms with van der Waals surface area (Å²) in [6.45, 7) is 7.79. The number of nitrogens with zero attached hydrogens (tertiary/aromatic N) is 6. The molecule has 1 aromatic carbocycles. The van der Waals surface area contributed by atoms with Crippen LogP contribution < -0.4 is 0 Å². The Morgan fingerprint density at radius 3 is 2.51 bits per heavy atom. The number of aromatic nitrogens is 4. The number of nitrogens with one attached hydrogen (secondary N) is 1. The highest BCUT2D eigenvalue weighted by molar-refractivity contribution is 5.96. The van der Waals surface area contributed by atoms with Crippen molar-refractivity contribution in [1.29, 1.82) is 0 Å². The number of aromatic amines is 1. The van der Waals surface area contributed by atoms with Gasteiger partial charge in [-0.3, -0.25) is 4.90 Å². The summed E-state index contributed by atoms with van der Waals surface area (Å²) in [5.74, 6) is 0.697. The van der Waals surface area contributed by atoms with Gasteiger partial charge in [0.1, 0.15) is 12.0 Å². The lowest BCUT2D eigenvalue weighted by Gasteiger charge is -2.32. The summed E-state index contributed by atoms with van der Waals surface area (Å²) < 4.78 is 0. The summed E-state index contributed by atoms with van der Waals surface area (Å²) in [7, 11) is 4.42. The number of likely N-dealkylation sites (tertiary alicyclic amines) is 1. The number of rotatable bonds is 5. The Balaban J connectivity index is 1.30. The summed E-state index contributed by atoms with van der Waals surface area (Å²) in [5.41, 5.74) is 6.82. The van der Waals surface area contributed by atoms with Crippen LogP contribution in [-0.4, -0.2) is 88.0 Å². The van der Waals surface area contributed by atoms with Crippen LogP contribution in [0.2, 0.25) is 0 Å². The maximum Gasteiger partial charge on any atom is 0.137 e. The Kier molecular flexibility index (Phi) is 6.22. The minimum absolute atomic E-state index is 0.697. The maximum atomic E-state index is 4.75. The second kappa shape index (κ2) is 9.64. The summed E-state index contributed by atoms with van der Waals surface area (Å²) in [6, 6.07) is 8.93. The molecule has 7 heteroatoms. The number of benzene rings is 1. The summed E-state index contributed by atoms with van der Waals surface area (Å²) in [5, 5.41) is 2.37. The van der Waals surface area contributed by atoms with E-state index in [0.29, 0.717) is 5.92 Å². The third-order valence-corrected chi connectivity index (χ3v) is 7.94.